The summed E-state index contributed by atoms with van der Waals surface area (Å²) in [6.45, 7) is 0.390. The Morgan fingerprint density at radius 2 is 2.16 bits per heavy atom. The molecule has 2 rings (SSSR count). The first kappa shape index (κ1) is 13.8. The molecule has 1 unspecified atom stereocenters. The molecule has 0 radical (unpaired) electrons. The Bertz CT molecular complexity index is 478. The molecule has 1 aromatic heterocycles. The maximum Gasteiger partial charge on any atom is 0.250 e. The molecule has 19 heavy (non-hydrogen) atoms. The van der Waals surface area contributed by atoms with E-state index in [0.717, 1.165) is 25.7 Å². The van der Waals surface area contributed by atoms with Gasteiger partial charge < -0.3 is 15.0 Å². The van der Waals surface area contributed by atoms with Crippen molar-refractivity contribution < 1.29 is 9.90 Å². The van der Waals surface area contributed by atoms with E-state index in [2.05, 4.69) is 5.32 Å². The van der Waals surface area contributed by atoms with Crippen molar-refractivity contribution in [3.63, 3.8) is 0 Å². The van der Waals surface area contributed by atoms with Gasteiger partial charge in [0, 0.05) is 24.7 Å². The second kappa shape index (κ2) is 6.52. The standard InChI is InChI=1S/C14H20N2O3/c17-12(10-16-8-4-3-7-13(16)18)9-15-14(19)11-5-1-2-6-11/h3-4,7-8,11-12,17H,1-2,5-6,9-10H2,(H,15,19). The van der Waals surface area contributed by atoms with Gasteiger partial charge in [-0.1, -0.05) is 18.9 Å². The molecule has 2 N–H and O–H groups in total. The highest BCUT2D eigenvalue weighted by molar-refractivity contribution is 5.78. The van der Waals surface area contributed by atoms with Crippen LogP contribution in [0.5, 0.6) is 0 Å². The number of aromatic nitrogens is 1. The summed E-state index contributed by atoms with van der Waals surface area (Å²) in [4.78, 5) is 23.2. The van der Waals surface area contributed by atoms with Crippen LogP contribution in [0.3, 0.4) is 0 Å². The maximum atomic E-state index is 11.8. The van der Waals surface area contributed by atoms with Crippen molar-refractivity contribution in [2.24, 2.45) is 5.92 Å². The predicted molar refractivity (Wildman–Crippen MR) is 71.7 cm³/mol. The topological polar surface area (TPSA) is 71.3 Å². The molecule has 0 aromatic carbocycles. The summed E-state index contributed by atoms with van der Waals surface area (Å²) in [6, 6.07) is 4.85. The largest absolute Gasteiger partial charge is 0.389 e. The van der Waals surface area contributed by atoms with E-state index < -0.39 is 6.10 Å². The predicted octanol–water partition coefficient (Wildman–Crippen LogP) is 0.516. The summed E-state index contributed by atoms with van der Waals surface area (Å²) in [5.41, 5.74) is -0.149. The van der Waals surface area contributed by atoms with Crippen LogP contribution < -0.4 is 10.9 Å². The van der Waals surface area contributed by atoms with Crippen LogP contribution >= 0.6 is 0 Å². The van der Waals surface area contributed by atoms with Crippen LogP contribution in [-0.2, 0) is 11.3 Å². The van der Waals surface area contributed by atoms with E-state index in [0.29, 0.717) is 0 Å². The van der Waals surface area contributed by atoms with Gasteiger partial charge in [0.05, 0.1) is 12.6 Å². The molecule has 0 spiro atoms. The Morgan fingerprint density at radius 1 is 1.42 bits per heavy atom. The average Bonchev–Trinajstić information content (AvgIpc) is 2.93. The number of aliphatic hydroxyl groups excluding tert-OH is 1. The number of hydrogen-bond acceptors (Lipinski definition) is 3. The minimum absolute atomic E-state index is 0.0250. The van der Waals surface area contributed by atoms with Crippen molar-refractivity contribution >= 4 is 5.91 Å². The number of aliphatic hydroxyl groups is 1. The fraction of sp³-hybridized carbons (Fsp3) is 0.571. The van der Waals surface area contributed by atoms with Crippen molar-refractivity contribution in [1.82, 2.24) is 9.88 Å². The monoisotopic (exact) mass is 264 g/mol. The van der Waals surface area contributed by atoms with Crippen LogP contribution in [-0.4, -0.2) is 28.2 Å². The number of rotatable bonds is 5. The van der Waals surface area contributed by atoms with Crippen LogP contribution in [0.15, 0.2) is 29.2 Å². The molecule has 0 aliphatic heterocycles. The third-order valence-corrected chi connectivity index (χ3v) is 3.54. The average molecular weight is 264 g/mol. The summed E-state index contributed by atoms with van der Waals surface area (Å²) in [5.74, 6) is 0.128. The molecule has 1 heterocycles. The Balaban J connectivity index is 1.78. The minimum atomic E-state index is -0.745. The molecular weight excluding hydrogens is 244 g/mol. The molecule has 1 aliphatic rings. The molecule has 1 amide bonds. The fourth-order valence-corrected chi connectivity index (χ4v) is 2.45. The van der Waals surface area contributed by atoms with Crippen LogP contribution in [0.1, 0.15) is 25.7 Å². The Hall–Kier alpha value is -1.62. The summed E-state index contributed by atoms with van der Waals surface area (Å²) in [5, 5.41) is 12.6. The first-order valence-electron chi connectivity index (χ1n) is 6.78. The fourth-order valence-electron chi connectivity index (χ4n) is 2.45. The Morgan fingerprint density at radius 3 is 2.84 bits per heavy atom. The van der Waals surface area contributed by atoms with Crippen molar-refractivity contribution in [2.75, 3.05) is 6.54 Å². The molecule has 1 atom stereocenters. The highest BCUT2D eigenvalue weighted by Crippen LogP contribution is 2.24. The zero-order chi connectivity index (χ0) is 13.7. The molecule has 5 nitrogen and oxygen atoms in total. The van der Waals surface area contributed by atoms with Gasteiger partial charge in [0.15, 0.2) is 0 Å². The molecule has 1 fully saturated rings. The Labute approximate surface area is 112 Å². The summed E-state index contributed by atoms with van der Waals surface area (Å²) < 4.78 is 1.44. The van der Waals surface area contributed by atoms with Crippen LogP contribution in [0.4, 0.5) is 0 Å². The van der Waals surface area contributed by atoms with Gasteiger partial charge in [-0.3, -0.25) is 9.59 Å². The highest BCUT2D eigenvalue weighted by atomic mass is 16.3. The van der Waals surface area contributed by atoms with Crippen molar-refractivity contribution in [2.45, 2.75) is 38.3 Å². The van der Waals surface area contributed by atoms with Gasteiger partial charge >= 0.3 is 0 Å². The van der Waals surface area contributed by atoms with E-state index in [1.807, 2.05) is 0 Å². The van der Waals surface area contributed by atoms with E-state index >= 15 is 0 Å². The van der Waals surface area contributed by atoms with Gasteiger partial charge in [-0.15, -0.1) is 0 Å². The van der Waals surface area contributed by atoms with Crippen LogP contribution in [0, 0.1) is 5.92 Å². The number of carbonyl (C=O) groups excluding carboxylic acids is 1. The number of carbonyl (C=O) groups is 1. The first-order valence-corrected chi connectivity index (χ1v) is 6.78. The lowest BCUT2D eigenvalue weighted by atomic mass is 10.1. The lowest BCUT2D eigenvalue weighted by Gasteiger charge is -2.15. The SMILES string of the molecule is O=C(NCC(O)Cn1ccccc1=O)C1CCCC1. The van der Waals surface area contributed by atoms with Gasteiger partial charge in [-0.2, -0.15) is 0 Å². The number of pyridine rings is 1. The lowest BCUT2D eigenvalue weighted by molar-refractivity contribution is -0.125. The van der Waals surface area contributed by atoms with Crippen molar-refractivity contribution in [1.29, 1.82) is 0 Å². The van der Waals surface area contributed by atoms with Gasteiger partial charge in [0.2, 0.25) is 5.91 Å². The normalized spacial score (nSPS) is 17.3. The van der Waals surface area contributed by atoms with Gasteiger partial charge in [0.25, 0.3) is 5.56 Å². The summed E-state index contributed by atoms with van der Waals surface area (Å²) in [6.07, 6.45) is 5.00. The zero-order valence-electron chi connectivity index (χ0n) is 10.9. The van der Waals surface area contributed by atoms with Gasteiger partial charge in [-0.25, -0.2) is 0 Å². The molecule has 1 saturated carbocycles. The second-order valence-corrected chi connectivity index (χ2v) is 5.07. The number of hydrogen-bond donors (Lipinski definition) is 2. The summed E-state index contributed by atoms with van der Waals surface area (Å²) in [7, 11) is 0. The molecule has 1 aromatic rings. The van der Waals surface area contributed by atoms with Crippen LogP contribution in [0.25, 0.3) is 0 Å². The molecular formula is C14H20N2O3. The maximum absolute atomic E-state index is 11.8. The molecule has 0 saturated heterocycles. The third kappa shape index (κ3) is 3.92. The molecule has 0 bridgehead atoms. The number of nitrogens with one attached hydrogen (secondary N) is 1. The highest BCUT2D eigenvalue weighted by Gasteiger charge is 2.22. The lowest BCUT2D eigenvalue weighted by Crippen LogP contribution is -2.38. The third-order valence-electron chi connectivity index (χ3n) is 3.54. The molecule has 1 aliphatic carbocycles. The quantitative estimate of drug-likeness (QED) is 0.814. The van der Waals surface area contributed by atoms with E-state index in [4.69, 9.17) is 0 Å². The smallest absolute Gasteiger partial charge is 0.250 e. The Kier molecular flexibility index (Phi) is 4.74. The number of amides is 1. The second-order valence-electron chi connectivity index (χ2n) is 5.07. The van der Waals surface area contributed by atoms with E-state index in [1.54, 1.807) is 18.3 Å². The van der Waals surface area contributed by atoms with Crippen LogP contribution in [0.2, 0.25) is 0 Å². The van der Waals surface area contributed by atoms with E-state index in [9.17, 15) is 14.7 Å². The van der Waals surface area contributed by atoms with Gasteiger partial charge in [-0.05, 0) is 18.9 Å². The molecule has 5 heteroatoms. The van der Waals surface area contributed by atoms with E-state index in [-0.39, 0.29) is 30.5 Å². The first-order chi connectivity index (χ1) is 9.16. The minimum Gasteiger partial charge on any atom is -0.389 e. The van der Waals surface area contributed by atoms with Crippen molar-refractivity contribution in [3.05, 3.63) is 34.7 Å². The molecule has 104 valence electrons. The van der Waals surface area contributed by atoms with E-state index in [1.165, 1.54) is 10.6 Å². The number of nitrogens with zero attached hydrogens (tertiary/aromatic N) is 1. The zero-order valence-corrected chi connectivity index (χ0v) is 10.9. The summed E-state index contributed by atoms with van der Waals surface area (Å²) >= 11 is 0. The van der Waals surface area contributed by atoms with Gasteiger partial charge in [0.1, 0.15) is 0 Å². The van der Waals surface area contributed by atoms with Crippen molar-refractivity contribution in [3.8, 4) is 0 Å².